The van der Waals surface area contributed by atoms with Gasteiger partial charge in [-0.25, -0.2) is 13.9 Å². The molecule has 2 aromatic heterocycles. The van der Waals surface area contributed by atoms with Gasteiger partial charge in [0.1, 0.15) is 30.3 Å². The molecule has 0 spiro atoms. The monoisotopic (exact) mass is 271 g/mol. The van der Waals surface area contributed by atoms with Gasteiger partial charge in [0.25, 0.3) is 0 Å². The lowest BCUT2D eigenvalue weighted by atomic mass is 10.1. The summed E-state index contributed by atoms with van der Waals surface area (Å²) in [5.41, 5.74) is 0.867. The number of fused-ring (bicyclic) bond motifs is 1. The molecule has 0 atom stereocenters. The number of hydrogen-bond donors (Lipinski definition) is 1. The lowest BCUT2D eigenvalue weighted by Gasteiger charge is -2.03. The molecule has 20 heavy (non-hydrogen) atoms. The van der Waals surface area contributed by atoms with E-state index < -0.39 is 5.63 Å². The molecular weight excluding hydrogens is 256 g/mol. The van der Waals surface area contributed by atoms with Crippen LogP contribution in [-0.4, -0.2) is 9.67 Å². The first kappa shape index (κ1) is 12.5. The van der Waals surface area contributed by atoms with Crippen LogP contribution in [0, 0.1) is 0 Å². The maximum atomic E-state index is 11.6. The van der Waals surface area contributed by atoms with Gasteiger partial charge in [0.2, 0.25) is 6.33 Å². The molecule has 5 heteroatoms. The van der Waals surface area contributed by atoms with Crippen LogP contribution in [0.25, 0.3) is 11.0 Å². The number of aromatic nitrogens is 2. The van der Waals surface area contributed by atoms with E-state index in [0.717, 1.165) is 17.5 Å². The van der Waals surface area contributed by atoms with Crippen LogP contribution >= 0.6 is 0 Å². The Hall–Kier alpha value is -2.56. The fourth-order valence-electron chi connectivity index (χ4n) is 2.27. The first-order valence-corrected chi connectivity index (χ1v) is 6.46. The lowest BCUT2D eigenvalue weighted by Crippen LogP contribution is -2.32. The van der Waals surface area contributed by atoms with Gasteiger partial charge in [0, 0.05) is 23.1 Å². The van der Waals surface area contributed by atoms with Crippen molar-refractivity contribution in [3.05, 3.63) is 59.0 Å². The molecule has 102 valence electrons. The Labute approximate surface area is 115 Å². The SMILES string of the molecule is CCn1cc[n+](Cc2cc(=O)oc3cc(O)ccc23)c1. The molecular formula is C15H15N2O3+. The number of hydrogen-bond acceptors (Lipinski definition) is 3. The Morgan fingerprint density at radius 2 is 2.20 bits per heavy atom. The zero-order valence-electron chi connectivity index (χ0n) is 11.1. The van der Waals surface area contributed by atoms with Crippen LogP contribution in [0.15, 0.2) is 52.2 Å². The van der Waals surface area contributed by atoms with Gasteiger partial charge in [0.15, 0.2) is 0 Å². The van der Waals surface area contributed by atoms with E-state index in [9.17, 15) is 9.90 Å². The van der Waals surface area contributed by atoms with Crippen molar-refractivity contribution in [1.82, 2.24) is 4.57 Å². The van der Waals surface area contributed by atoms with Crippen molar-refractivity contribution in [2.75, 3.05) is 0 Å². The molecule has 0 saturated carbocycles. The number of nitrogens with zero attached hydrogens (tertiary/aromatic N) is 2. The van der Waals surface area contributed by atoms with Crippen molar-refractivity contribution in [2.45, 2.75) is 20.0 Å². The number of aryl methyl sites for hydroxylation is 1. The van der Waals surface area contributed by atoms with Gasteiger partial charge in [-0.15, -0.1) is 0 Å². The van der Waals surface area contributed by atoms with E-state index in [0.29, 0.717) is 12.1 Å². The summed E-state index contributed by atoms with van der Waals surface area (Å²) in [6.07, 6.45) is 5.94. The topological polar surface area (TPSA) is 59.2 Å². The van der Waals surface area contributed by atoms with E-state index in [1.54, 1.807) is 12.1 Å². The highest BCUT2D eigenvalue weighted by Crippen LogP contribution is 2.21. The molecule has 5 nitrogen and oxygen atoms in total. The molecule has 0 bridgehead atoms. The Bertz CT molecular complexity index is 817. The van der Waals surface area contributed by atoms with Crippen LogP contribution in [0.4, 0.5) is 0 Å². The van der Waals surface area contributed by atoms with Gasteiger partial charge in [-0.2, -0.15) is 0 Å². The molecule has 0 radical (unpaired) electrons. The maximum Gasteiger partial charge on any atom is 0.336 e. The summed E-state index contributed by atoms with van der Waals surface area (Å²) in [6, 6.07) is 6.31. The van der Waals surface area contributed by atoms with E-state index in [4.69, 9.17) is 4.42 Å². The van der Waals surface area contributed by atoms with E-state index in [-0.39, 0.29) is 5.75 Å². The molecule has 3 rings (SSSR count). The molecule has 0 aliphatic carbocycles. The van der Waals surface area contributed by atoms with Crippen LogP contribution in [0.2, 0.25) is 0 Å². The standard InChI is InChI=1S/C15H14N2O3/c1-2-16-5-6-17(10-16)9-11-7-15(19)20-14-8-12(18)3-4-13(11)14/h3-8,10H,2,9H2,1H3/p+1. The third kappa shape index (κ3) is 2.30. The van der Waals surface area contributed by atoms with Gasteiger partial charge >= 0.3 is 5.63 Å². The summed E-state index contributed by atoms with van der Waals surface area (Å²) >= 11 is 0. The zero-order valence-corrected chi connectivity index (χ0v) is 11.1. The van der Waals surface area contributed by atoms with Crippen LogP contribution < -0.4 is 10.2 Å². The Morgan fingerprint density at radius 3 is 2.95 bits per heavy atom. The van der Waals surface area contributed by atoms with Crippen molar-refractivity contribution >= 4 is 11.0 Å². The summed E-state index contributed by atoms with van der Waals surface area (Å²) in [4.78, 5) is 11.6. The molecule has 0 fully saturated rings. The summed E-state index contributed by atoms with van der Waals surface area (Å²) in [5.74, 6) is 0.0857. The smallest absolute Gasteiger partial charge is 0.336 e. The normalized spacial score (nSPS) is 11.1. The lowest BCUT2D eigenvalue weighted by molar-refractivity contribution is -0.687. The molecule has 0 saturated heterocycles. The van der Waals surface area contributed by atoms with Crippen molar-refractivity contribution < 1.29 is 14.1 Å². The van der Waals surface area contributed by atoms with Gasteiger partial charge in [-0.05, 0) is 19.1 Å². The van der Waals surface area contributed by atoms with Crippen molar-refractivity contribution in [1.29, 1.82) is 0 Å². The number of phenols is 1. The minimum Gasteiger partial charge on any atom is -0.508 e. The van der Waals surface area contributed by atoms with Gasteiger partial charge in [0.05, 0.1) is 6.54 Å². The molecule has 1 aromatic carbocycles. The fraction of sp³-hybridized carbons (Fsp3) is 0.200. The minimum absolute atomic E-state index is 0.0857. The summed E-state index contributed by atoms with van der Waals surface area (Å²) < 4.78 is 9.18. The largest absolute Gasteiger partial charge is 0.508 e. The number of phenolic OH excluding ortho intramolecular Hbond substituents is 1. The molecule has 0 unspecified atom stereocenters. The van der Waals surface area contributed by atoms with E-state index >= 15 is 0 Å². The Balaban J connectivity index is 2.08. The molecule has 1 N–H and O–H groups in total. The van der Waals surface area contributed by atoms with Gasteiger partial charge in [-0.1, -0.05) is 0 Å². The van der Waals surface area contributed by atoms with Crippen molar-refractivity contribution in [3.8, 4) is 5.75 Å². The molecule has 3 aromatic rings. The second kappa shape index (κ2) is 4.85. The third-order valence-corrected chi connectivity index (χ3v) is 3.28. The number of imidazole rings is 1. The van der Waals surface area contributed by atoms with E-state index in [2.05, 4.69) is 11.5 Å². The van der Waals surface area contributed by atoms with Crippen LogP contribution in [0.1, 0.15) is 12.5 Å². The minimum atomic E-state index is -0.409. The zero-order chi connectivity index (χ0) is 14.1. The highest BCUT2D eigenvalue weighted by atomic mass is 16.4. The van der Waals surface area contributed by atoms with Crippen LogP contribution in [0.3, 0.4) is 0 Å². The maximum absolute atomic E-state index is 11.6. The highest BCUT2D eigenvalue weighted by Gasteiger charge is 2.10. The average molecular weight is 271 g/mol. The molecule has 0 aliphatic heterocycles. The summed E-state index contributed by atoms with van der Waals surface area (Å²) in [5, 5.41) is 10.3. The fourth-order valence-corrected chi connectivity index (χ4v) is 2.27. The Morgan fingerprint density at radius 1 is 1.35 bits per heavy atom. The van der Waals surface area contributed by atoms with E-state index in [1.807, 2.05) is 23.3 Å². The first-order chi connectivity index (χ1) is 9.65. The van der Waals surface area contributed by atoms with Crippen molar-refractivity contribution in [2.24, 2.45) is 0 Å². The van der Waals surface area contributed by atoms with Crippen LogP contribution in [-0.2, 0) is 13.1 Å². The molecule has 2 heterocycles. The second-order valence-electron chi connectivity index (χ2n) is 4.69. The second-order valence-corrected chi connectivity index (χ2v) is 4.69. The average Bonchev–Trinajstić information content (AvgIpc) is 2.85. The molecule has 0 aliphatic rings. The van der Waals surface area contributed by atoms with Gasteiger partial charge < -0.3 is 9.52 Å². The first-order valence-electron chi connectivity index (χ1n) is 6.46. The third-order valence-electron chi connectivity index (χ3n) is 3.28. The Kier molecular flexibility index (Phi) is 3.02. The quantitative estimate of drug-likeness (QED) is 0.582. The summed E-state index contributed by atoms with van der Waals surface area (Å²) in [6.45, 7) is 3.55. The highest BCUT2D eigenvalue weighted by molar-refractivity contribution is 5.81. The predicted octanol–water partition coefficient (Wildman–Crippen LogP) is 1.66. The number of benzene rings is 1. The van der Waals surface area contributed by atoms with Crippen molar-refractivity contribution in [3.63, 3.8) is 0 Å². The molecule has 0 amide bonds. The van der Waals surface area contributed by atoms with Gasteiger partial charge in [-0.3, -0.25) is 0 Å². The predicted molar refractivity (Wildman–Crippen MR) is 73.6 cm³/mol. The summed E-state index contributed by atoms with van der Waals surface area (Å²) in [7, 11) is 0. The van der Waals surface area contributed by atoms with E-state index in [1.165, 1.54) is 12.1 Å². The number of aromatic hydroxyl groups is 1. The number of rotatable bonds is 3. The van der Waals surface area contributed by atoms with Crippen LogP contribution in [0.5, 0.6) is 5.75 Å².